The van der Waals surface area contributed by atoms with Crippen LogP contribution < -0.4 is 5.32 Å². The number of hydrogen-bond acceptors (Lipinski definition) is 4. The molecule has 3 rings (SSSR count). The summed E-state index contributed by atoms with van der Waals surface area (Å²) in [4.78, 5) is 11.6. The van der Waals surface area contributed by atoms with Crippen molar-refractivity contribution in [3.8, 4) is 0 Å². The maximum absolute atomic E-state index is 13.2. The Hall–Kier alpha value is -2.33. The molecule has 1 atom stereocenters. The first-order chi connectivity index (χ1) is 12.7. The van der Waals surface area contributed by atoms with Gasteiger partial charge in [-0.15, -0.1) is 0 Å². The van der Waals surface area contributed by atoms with Crippen molar-refractivity contribution in [2.75, 3.05) is 6.54 Å². The summed E-state index contributed by atoms with van der Waals surface area (Å²) in [5.74, 6) is -0.0878. The Morgan fingerprint density at radius 1 is 1.22 bits per heavy atom. The van der Waals surface area contributed by atoms with Crippen molar-refractivity contribution in [2.45, 2.75) is 36.5 Å². The lowest BCUT2D eigenvalue weighted by molar-refractivity contribution is -0.139. The number of rotatable bonds is 5. The van der Waals surface area contributed by atoms with Crippen molar-refractivity contribution in [1.29, 1.82) is 0 Å². The molecule has 6 nitrogen and oxygen atoms in total. The van der Waals surface area contributed by atoms with Gasteiger partial charge in [-0.05, 0) is 37.1 Å². The van der Waals surface area contributed by atoms with E-state index in [4.69, 9.17) is 4.42 Å². The molecular weight excluding hydrogens is 385 g/mol. The van der Waals surface area contributed by atoms with E-state index in [-0.39, 0.29) is 19.5 Å². The molecule has 2 heterocycles. The first kappa shape index (κ1) is 19.4. The second-order valence-electron chi connectivity index (χ2n) is 6.06. The summed E-state index contributed by atoms with van der Waals surface area (Å²) in [5, 5.41) is 2.56. The average molecular weight is 402 g/mol. The normalized spacial score (nSPS) is 18.6. The van der Waals surface area contributed by atoms with Crippen molar-refractivity contribution in [3.05, 3.63) is 54.0 Å². The van der Waals surface area contributed by atoms with Gasteiger partial charge in [-0.1, -0.05) is 12.1 Å². The molecule has 1 aromatic carbocycles. The van der Waals surface area contributed by atoms with Crippen molar-refractivity contribution >= 4 is 15.9 Å². The number of nitrogens with one attached hydrogen (secondary N) is 1. The SMILES string of the molecule is O=C(NCc1ccco1)[C@@H]1CCCN1S(=O)(=O)c1ccccc1C(F)(F)F. The van der Waals surface area contributed by atoms with Crippen LogP contribution in [-0.4, -0.2) is 31.2 Å². The largest absolute Gasteiger partial charge is 0.467 e. The van der Waals surface area contributed by atoms with Crippen LogP contribution in [0.3, 0.4) is 0 Å². The molecule has 1 N–H and O–H groups in total. The molecule has 1 aliphatic heterocycles. The maximum atomic E-state index is 13.2. The number of sulfonamides is 1. The van der Waals surface area contributed by atoms with Gasteiger partial charge in [0.2, 0.25) is 15.9 Å². The van der Waals surface area contributed by atoms with Gasteiger partial charge < -0.3 is 9.73 Å². The molecule has 146 valence electrons. The van der Waals surface area contributed by atoms with Gasteiger partial charge >= 0.3 is 6.18 Å². The molecule has 0 radical (unpaired) electrons. The van der Waals surface area contributed by atoms with E-state index >= 15 is 0 Å². The molecule has 27 heavy (non-hydrogen) atoms. The van der Waals surface area contributed by atoms with Crippen LogP contribution in [0.4, 0.5) is 13.2 Å². The number of nitrogens with zero attached hydrogens (tertiary/aromatic N) is 1. The van der Waals surface area contributed by atoms with Gasteiger partial charge in [-0.25, -0.2) is 8.42 Å². The molecular formula is C17H17F3N2O4S. The molecule has 1 amide bonds. The monoisotopic (exact) mass is 402 g/mol. The quantitative estimate of drug-likeness (QED) is 0.834. The Labute approximate surface area is 154 Å². The van der Waals surface area contributed by atoms with Crippen molar-refractivity contribution in [3.63, 3.8) is 0 Å². The lowest BCUT2D eigenvalue weighted by Gasteiger charge is -2.24. The predicted molar refractivity (Wildman–Crippen MR) is 88.9 cm³/mol. The van der Waals surface area contributed by atoms with Crippen LogP contribution in [0.5, 0.6) is 0 Å². The number of carbonyl (C=O) groups is 1. The van der Waals surface area contributed by atoms with Crippen LogP contribution >= 0.6 is 0 Å². The molecule has 10 heteroatoms. The Kier molecular flexibility index (Phi) is 5.29. The minimum atomic E-state index is -4.82. The van der Waals surface area contributed by atoms with E-state index in [2.05, 4.69) is 5.32 Å². The minimum Gasteiger partial charge on any atom is -0.467 e. The third kappa shape index (κ3) is 4.01. The zero-order valence-electron chi connectivity index (χ0n) is 14.1. The Morgan fingerprint density at radius 2 is 1.96 bits per heavy atom. The standard InChI is InChI=1S/C17H17F3N2O4S/c18-17(19,20)13-6-1-2-8-15(13)27(24,25)22-9-3-7-14(22)16(23)21-11-12-5-4-10-26-12/h1-2,4-6,8,10,14H,3,7,9,11H2,(H,21,23)/t14-/m0/s1. The summed E-state index contributed by atoms with van der Waals surface area (Å²) in [7, 11) is -4.49. The van der Waals surface area contributed by atoms with Gasteiger partial charge in [-0.3, -0.25) is 4.79 Å². The fraction of sp³-hybridized carbons (Fsp3) is 0.353. The lowest BCUT2D eigenvalue weighted by atomic mass is 10.2. The molecule has 0 bridgehead atoms. The van der Waals surface area contributed by atoms with Gasteiger partial charge in [-0.2, -0.15) is 17.5 Å². The molecule has 1 fully saturated rings. The van der Waals surface area contributed by atoms with E-state index in [1.807, 2.05) is 0 Å². The highest BCUT2D eigenvalue weighted by Gasteiger charge is 2.43. The molecule has 0 spiro atoms. The highest BCUT2D eigenvalue weighted by Crippen LogP contribution is 2.36. The van der Waals surface area contributed by atoms with E-state index in [9.17, 15) is 26.4 Å². The van der Waals surface area contributed by atoms with E-state index in [0.717, 1.165) is 22.5 Å². The van der Waals surface area contributed by atoms with Crippen LogP contribution in [-0.2, 0) is 27.5 Å². The Bertz CT molecular complexity index is 911. The third-order valence-electron chi connectivity index (χ3n) is 4.30. The van der Waals surface area contributed by atoms with Crippen molar-refractivity contribution in [2.24, 2.45) is 0 Å². The van der Waals surface area contributed by atoms with Gasteiger partial charge in [0, 0.05) is 6.54 Å². The summed E-state index contributed by atoms with van der Waals surface area (Å²) in [6.45, 7) is 0.0444. The first-order valence-electron chi connectivity index (χ1n) is 8.19. The van der Waals surface area contributed by atoms with Crippen molar-refractivity contribution in [1.82, 2.24) is 9.62 Å². The first-order valence-corrected chi connectivity index (χ1v) is 9.63. The number of halogens is 3. The van der Waals surface area contributed by atoms with Crippen molar-refractivity contribution < 1.29 is 30.8 Å². The topological polar surface area (TPSA) is 79.6 Å². The number of alkyl halides is 3. The van der Waals surface area contributed by atoms with E-state index < -0.39 is 38.6 Å². The van der Waals surface area contributed by atoms with Gasteiger partial charge in [0.1, 0.15) is 11.8 Å². The summed E-state index contributed by atoms with van der Waals surface area (Å²) in [6.07, 6.45) is -2.77. The number of furan rings is 1. The Balaban J connectivity index is 1.85. The molecule has 1 saturated heterocycles. The summed E-state index contributed by atoms with van der Waals surface area (Å²) in [6, 6.07) is 6.20. The lowest BCUT2D eigenvalue weighted by Crippen LogP contribution is -2.46. The van der Waals surface area contributed by atoms with Gasteiger partial charge in [0.15, 0.2) is 0 Å². The highest BCUT2D eigenvalue weighted by molar-refractivity contribution is 7.89. The molecule has 0 saturated carbocycles. The number of hydrogen-bond donors (Lipinski definition) is 1. The second kappa shape index (κ2) is 7.35. The molecule has 2 aromatic rings. The fourth-order valence-corrected chi connectivity index (χ4v) is 4.92. The van der Waals surface area contributed by atoms with E-state index in [0.29, 0.717) is 12.2 Å². The van der Waals surface area contributed by atoms with Crippen LogP contribution in [0.1, 0.15) is 24.2 Å². The predicted octanol–water partition coefficient (Wildman–Crippen LogP) is 2.77. The third-order valence-corrected chi connectivity index (χ3v) is 6.27. The zero-order valence-corrected chi connectivity index (χ0v) is 14.9. The number of carbonyl (C=O) groups excluding carboxylic acids is 1. The van der Waals surface area contributed by atoms with Crippen LogP contribution in [0.25, 0.3) is 0 Å². The average Bonchev–Trinajstić information content (AvgIpc) is 3.30. The summed E-state index contributed by atoms with van der Waals surface area (Å²) >= 11 is 0. The summed E-state index contributed by atoms with van der Waals surface area (Å²) in [5.41, 5.74) is -1.24. The van der Waals surface area contributed by atoms with Gasteiger partial charge in [0.25, 0.3) is 0 Å². The molecule has 1 aromatic heterocycles. The van der Waals surface area contributed by atoms with Crippen LogP contribution in [0.2, 0.25) is 0 Å². The smallest absolute Gasteiger partial charge is 0.417 e. The minimum absolute atomic E-state index is 0.0205. The van der Waals surface area contributed by atoms with Gasteiger partial charge in [0.05, 0.1) is 23.3 Å². The molecule has 1 aliphatic rings. The summed E-state index contributed by atoms with van der Waals surface area (Å²) < 4.78 is 71.4. The Morgan fingerprint density at radius 3 is 2.63 bits per heavy atom. The van der Waals surface area contributed by atoms with Crippen LogP contribution in [0, 0.1) is 0 Å². The molecule has 0 unspecified atom stereocenters. The maximum Gasteiger partial charge on any atom is 0.417 e. The number of amides is 1. The second-order valence-corrected chi connectivity index (χ2v) is 7.92. The zero-order chi connectivity index (χ0) is 19.7. The van der Waals surface area contributed by atoms with Crippen LogP contribution in [0.15, 0.2) is 52.0 Å². The molecule has 0 aliphatic carbocycles. The highest BCUT2D eigenvalue weighted by atomic mass is 32.2. The number of benzene rings is 1. The fourth-order valence-electron chi connectivity index (χ4n) is 3.05. The van der Waals surface area contributed by atoms with E-state index in [1.165, 1.54) is 12.3 Å². The van der Waals surface area contributed by atoms with E-state index in [1.54, 1.807) is 12.1 Å².